The van der Waals surface area contributed by atoms with Gasteiger partial charge >= 0.3 is 11.9 Å². The Kier molecular flexibility index (Phi) is 4.56. The van der Waals surface area contributed by atoms with Crippen LogP contribution in [0.3, 0.4) is 0 Å². The molecule has 0 unspecified atom stereocenters. The Balaban J connectivity index is 1.85. The molecule has 0 saturated heterocycles. The van der Waals surface area contributed by atoms with Crippen LogP contribution < -0.4 is 0 Å². The summed E-state index contributed by atoms with van der Waals surface area (Å²) in [5.74, 6) is -0.780. The molecule has 0 aromatic carbocycles. The zero-order valence-corrected chi connectivity index (χ0v) is 15.2. The van der Waals surface area contributed by atoms with Crippen LogP contribution in [0, 0.1) is 22.7 Å². The minimum absolute atomic E-state index is 0.0775. The first-order valence-corrected chi connectivity index (χ1v) is 9.18. The summed E-state index contributed by atoms with van der Waals surface area (Å²) in [5.41, 5.74) is 1.06. The second kappa shape index (κ2) is 6.27. The SMILES string of the molecule is CC1=CC[C@@H]2[C@](C)(CCC[C@@]2(C)C(=O)O)[C@H]1CCC1=C[C@@H](O)OC1=O. The third-order valence-corrected chi connectivity index (χ3v) is 7.02. The molecule has 1 saturated carbocycles. The second-order valence-corrected chi connectivity index (χ2v) is 8.40. The number of ether oxygens (including phenoxy) is 1. The van der Waals surface area contributed by atoms with Crippen molar-refractivity contribution in [2.24, 2.45) is 22.7 Å². The lowest BCUT2D eigenvalue weighted by molar-refractivity contribution is -0.162. The van der Waals surface area contributed by atoms with E-state index in [0.717, 1.165) is 32.1 Å². The highest BCUT2D eigenvalue weighted by atomic mass is 16.6. The molecule has 1 fully saturated rings. The van der Waals surface area contributed by atoms with E-state index in [1.807, 2.05) is 6.92 Å². The van der Waals surface area contributed by atoms with Gasteiger partial charge in [0, 0.05) is 5.57 Å². The molecule has 0 spiro atoms. The van der Waals surface area contributed by atoms with Crippen LogP contribution in [-0.4, -0.2) is 28.4 Å². The topological polar surface area (TPSA) is 83.8 Å². The molecule has 3 rings (SSSR count). The van der Waals surface area contributed by atoms with E-state index in [1.165, 1.54) is 11.6 Å². The van der Waals surface area contributed by atoms with E-state index >= 15 is 0 Å². The number of carbonyl (C=O) groups is 2. The van der Waals surface area contributed by atoms with E-state index in [4.69, 9.17) is 4.74 Å². The summed E-state index contributed by atoms with van der Waals surface area (Å²) in [7, 11) is 0. The number of carboxylic acids is 1. The summed E-state index contributed by atoms with van der Waals surface area (Å²) in [6.45, 7) is 6.25. The number of aliphatic carboxylic acids is 1. The molecule has 1 heterocycles. The van der Waals surface area contributed by atoms with Crippen molar-refractivity contribution in [1.82, 2.24) is 0 Å². The standard InChI is InChI=1S/C20H28O5/c1-12-5-8-15-19(2,9-4-10-20(15,3)18(23)24)14(12)7-6-13-11-16(21)25-17(13)22/h5,11,14-16,21H,4,6-10H2,1-3H3,(H,23,24)/t14-,15+,16-,19+,20+/m0/s1. The fourth-order valence-corrected chi connectivity index (χ4v) is 5.58. The van der Waals surface area contributed by atoms with E-state index in [-0.39, 0.29) is 17.3 Å². The molecule has 2 aliphatic carbocycles. The van der Waals surface area contributed by atoms with Crippen molar-refractivity contribution in [2.45, 2.75) is 65.6 Å². The van der Waals surface area contributed by atoms with Crippen molar-refractivity contribution >= 4 is 11.9 Å². The zero-order valence-electron chi connectivity index (χ0n) is 15.2. The number of carbonyl (C=O) groups excluding carboxylic acids is 1. The van der Waals surface area contributed by atoms with Crippen LogP contribution >= 0.6 is 0 Å². The number of aliphatic hydroxyl groups excluding tert-OH is 1. The van der Waals surface area contributed by atoms with Crippen molar-refractivity contribution in [1.29, 1.82) is 0 Å². The molecule has 0 amide bonds. The van der Waals surface area contributed by atoms with Gasteiger partial charge in [0.2, 0.25) is 6.29 Å². The third-order valence-electron chi connectivity index (χ3n) is 7.02. The number of carboxylic acid groups (broad SMARTS) is 1. The third kappa shape index (κ3) is 2.92. The largest absolute Gasteiger partial charge is 0.481 e. The molecular formula is C20H28O5. The van der Waals surface area contributed by atoms with Crippen molar-refractivity contribution < 1.29 is 24.5 Å². The molecular weight excluding hydrogens is 320 g/mol. The Morgan fingerprint density at radius 3 is 2.68 bits per heavy atom. The number of hydrogen-bond acceptors (Lipinski definition) is 4. The van der Waals surface area contributed by atoms with Gasteiger partial charge in [-0.15, -0.1) is 0 Å². The lowest BCUT2D eigenvalue weighted by Crippen LogP contribution is -2.52. The van der Waals surface area contributed by atoms with E-state index in [1.54, 1.807) is 0 Å². The highest BCUT2D eigenvalue weighted by Gasteiger charge is 2.56. The number of hydrogen-bond donors (Lipinski definition) is 2. The zero-order chi connectivity index (χ0) is 18.4. The van der Waals surface area contributed by atoms with Crippen LogP contribution in [0.15, 0.2) is 23.3 Å². The quantitative estimate of drug-likeness (QED) is 0.601. The summed E-state index contributed by atoms with van der Waals surface area (Å²) < 4.78 is 4.77. The minimum Gasteiger partial charge on any atom is -0.481 e. The van der Waals surface area contributed by atoms with Gasteiger partial charge < -0.3 is 14.9 Å². The maximum absolute atomic E-state index is 12.0. The Hall–Kier alpha value is -1.62. The molecule has 1 aliphatic heterocycles. The first-order valence-electron chi connectivity index (χ1n) is 9.18. The molecule has 0 aromatic heterocycles. The summed E-state index contributed by atoms with van der Waals surface area (Å²) in [5, 5.41) is 19.3. The Morgan fingerprint density at radius 2 is 2.08 bits per heavy atom. The van der Waals surface area contributed by atoms with Crippen molar-refractivity contribution in [3.05, 3.63) is 23.3 Å². The molecule has 5 nitrogen and oxygen atoms in total. The fraction of sp³-hybridized carbons (Fsp3) is 0.700. The van der Waals surface area contributed by atoms with Crippen molar-refractivity contribution in [2.75, 3.05) is 0 Å². The predicted molar refractivity (Wildman–Crippen MR) is 92.5 cm³/mol. The first-order chi connectivity index (χ1) is 11.7. The van der Waals surface area contributed by atoms with Crippen LogP contribution in [0.5, 0.6) is 0 Å². The molecule has 138 valence electrons. The summed E-state index contributed by atoms with van der Waals surface area (Å²) in [6.07, 6.45) is 7.35. The summed E-state index contributed by atoms with van der Waals surface area (Å²) >= 11 is 0. The van der Waals surface area contributed by atoms with Crippen LogP contribution in [0.2, 0.25) is 0 Å². The van der Waals surface area contributed by atoms with Gasteiger partial charge in [0.1, 0.15) is 0 Å². The predicted octanol–water partition coefficient (Wildman–Crippen LogP) is 3.43. The number of allylic oxidation sites excluding steroid dienone is 2. The molecule has 25 heavy (non-hydrogen) atoms. The Bertz CT molecular complexity index is 648. The number of aliphatic hydroxyl groups is 1. The van der Waals surface area contributed by atoms with Crippen LogP contribution in [-0.2, 0) is 14.3 Å². The molecule has 3 aliphatic rings. The lowest BCUT2D eigenvalue weighted by atomic mass is 9.47. The monoisotopic (exact) mass is 348 g/mol. The van der Waals surface area contributed by atoms with Gasteiger partial charge in [-0.1, -0.05) is 25.0 Å². The average molecular weight is 348 g/mol. The normalized spacial score (nSPS) is 40.8. The second-order valence-electron chi connectivity index (χ2n) is 8.40. The average Bonchev–Trinajstić information content (AvgIpc) is 2.84. The lowest BCUT2D eigenvalue weighted by Gasteiger charge is -2.56. The van der Waals surface area contributed by atoms with E-state index in [2.05, 4.69) is 19.9 Å². The molecule has 5 heteroatoms. The summed E-state index contributed by atoms with van der Waals surface area (Å²) in [6, 6.07) is 0. The highest BCUT2D eigenvalue weighted by Crippen LogP contribution is 2.60. The maximum atomic E-state index is 12.0. The Labute approximate surface area is 148 Å². The van der Waals surface area contributed by atoms with Gasteiger partial charge in [-0.05, 0) is 69.3 Å². The molecule has 5 atom stereocenters. The minimum atomic E-state index is -1.13. The number of rotatable bonds is 4. The number of cyclic esters (lactones) is 1. The first kappa shape index (κ1) is 18.2. The van der Waals surface area contributed by atoms with E-state index in [0.29, 0.717) is 12.0 Å². The summed E-state index contributed by atoms with van der Waals surface area (Å²) in [4.78, 5) is 23.7. The molecule has 0 aromatic rings. The van der Waals surface area contributed by atoms with Crippen molar-refractivity contribution in [3.8, 4) is 0 Å². The molecule has 0 radical (unpaired) electrons. The smallest absolute Gasteiger partial charge is 0.336 e. The molecule has 0 bridgehead atoms. The van der Waals surface area contributed by atoms with Gasteiger partial charge in [-0.3, -0.25) is 4.79 Å². The van der Waals surface area contributed by atoms with Gasteiger partial charge in [0.15, 0.2) is 0 Å². The van der Waals surface area contributed by atoms with Gasteiger partial charge in [-0.25, -0.2) is 4.79 Å². The van der Waals surface area contributed by atoms with Gasteiger partial charge in [0.25, 0.3) is 0 Å². The highest BCUT2D eigenvalue weighted by molar-refractivity contribution is 5.90. The Morgan fingerprint density at radius 1 is 1.36 bits per heavy atom. The van der Waals surface area contributed by atoms with Gasteiger partial charge in [0.05, 0.1) is 5.41 Å². The maximum Gasteiger partial charge on any atom is 0.336 e. The fourth-order valence-electron chi connectivity index (χ4n) is 5.58. The van der Waals surface area contributed by atoms with E-state index < -0.39 is 23.6 Å². The molecule has 2 N–H and O–H groups in total. The van der Waals surface area contributed by atoms with Crippen LogP contribution in [0.25, 0.3) is 0 Å². The van der Waals surface area contributed by atoms with Crippen LogP contribution in [0.1, 0.15) is 59.3 Å². The number of fused-ring (bicyclic) bond motifs is 1. The van der Waals surface area contributed by atoms with Gasteiger partial charge in [-0.2, -0.15) is 0 Å². The van der Waals surface area contributed by atoms with Crippen molar-refractivity contribution in [3.63, 3.8) is 0 Å². The van der Waals surface area contributed by atoms with Crippen LogP contribution in [0.4, 0.5) is 0 Å². The number of esters is 1. The van der Waals surface area contributed by atoms with E-state index in [9.17, 15) is 19.8 Å².